The summed E-state index contributed by atoms with van der Waals surface area (Å²) in [6.45, 7) is 1.19. The number of phenolic OH excluding ortho intramolecular Hbond substituents is 1. The van der Waals surface area contributed by atoms with Crippen LogP contribution in [0, 0.1) is 18.2 Å². The molecule has 10 heteroatoms. The third-order valence-corrected chi connectivity index (χ3v) is 9.97. The number of halogens is 2. The summed E-state index contributed by atoms with van der Waals surface area (Å²) in [4.78, 5) is 15.9. The van der Waals surface area contributed by atoms with E-state index in [2.05, 4.69) is 21.0 Å². The lowest BCUT2D eigenvalue weighted by atomic mass is 9.95. The van der Waals surface area contributed by atoms with Crippen LogP contribution < -0.4 is 19.9 Å². The number of aromatic nitrogens is 2. The number of phenols is 1. The van der Waals surface area contributed by atoms with Crippen LogP contribution in [0.4, 0.5) is 20.3 Å². The maximum atomic E-state index is 14.8. The number of aromatic hydroxyl groups is 1. The van der Waals surface area contributed by atoms with Crippen LogP contribution in [-0.2, 0) is 13.0 Å². The monoisotopic (exact) mass is 588 g/mol. The number of benzene rings is 2. The molecule has 224 valence electrons. The predicted octanol–water partition coefficient (Wildman–Crippen LogP) is 3.91. The van der Waals surface area contributed by atoms with E-state index in [0.717, 1.165) is 43.0 Å². The molecule has 4 saturated heterocycles. The third-order valence-electron chi connectivity index (χ3n) is 9.97. The van der Waals surface area contributed by atoms with E-state index < -0.39 is 24.0 Å². The number of rotatable bonds is 5. The summed E-state index contributed by atoms with van der Waals surface area (Å²) in [6.07, 6.45) is 8.57. The fraction of sp³-hybridized carbons (Fsp3) is 0.515. The molecule has 0 saturated carbocycles. The SMILES string of the molecule is [2H]C1([2H])CC[C@@]2(COc3nc4c(c(N5C[C@H]6CC[C@@H](C5)N6)n3)CCN(c3cc(O)cc5ccc(F)c(C#C)c35)C4)C[C@@H](F)CN12. The third kappa shape index (κ3) is 4.56. The number of nitrogens with one attached hydrogen (secondary N) is 1. The highest BCUT2D eigenvalue weighted by atomic mass is 19.1. The van der Waals surface area contributed by atoms with Crippen LogP contribution in [0.15, 0.2) is 24.3 Å². The molecule has 2 aromatic carbocycles. The molecule has 0 aliphatic carbocycles. The van der Waals surface area contributed by atoms with Gasteiger partial charge in [-0.2, -0.15) is 9.97 Å². The fourth-order valence-corrected chi connectivity index (χ4v) is 7.96. The Morgan fingerprint density at radius 2 is 2.02 bits per heavy atom. The summed E-state index contributed by atoms with van der Waals surface area (Å²) in [5.41, 5.74) is 1.86. The summed E-state index contributed by atoms with van der Waals surface area (Å²) in [7, 11) is 0. The van der Waals surface area contributed by atoms with Gasteiger partial charge in [0.2, 0.25) is 0 Å². The Labute approximate surface area is 252 Å². The number of piperazine rings is 1. The van der Waals surface area contributed by atoms with Crippen molar-refractivity contribution in [2.45, 2.75) is 68.9 Å². The normalized spacial score (nSPS) is 30.1. The molecule has 4 fully saturated rings. The second-order valence-corrected chi connectivity index (χ2v) is 12.7. The van der Waals surface area contributed by atoms with Crippen LogP contribution in [0.25, 0.3) is 10.8 Å². The van der Waals surface area contributed by atoms with Gasteiger partial charge >= 0.3 is 6.01 Å². The standard InChI is InChI=1S/C33H36F2N6O2/c1-2-25-27(35)7-4-20-12-24(42)13-29(30(20)25)39-11-8-26-28(18-39)37-32(38-31(26)40-16-22-5-6-23(17-40)36-22)43-19-33-9-3-10-41(33)15-21(34)14-33/h1,4,7,12-13,21-23,36,42H,3,5-6,8-11,14-19H2/t21-,22-,23+,33+/m1/s1/i10D2. The first kappa shape index (κ1) is 24.7. The maximum absolute atomic E-state index is 14.8. The first-order valence-corrected chi connectivity index (χ1v) is 15.2. The second-order valence-electron chi connectivity index (χ2n) is 12.7. The molecule has 0 radical (unpaired) electrons. The lowest BCUT2D eigenvalue weighted by Crippen LogP contribution is -2.52. The van der Waals surface area contributed by atoms with Crippen molar-refractivity contribution < 1.29 is 21.4 Å². The number of alkyl halides is 1. The molecule has 0 unspecified atom stereocenters. The zero-order valence-electron chi connectivity index (χ0n) is 26.0. The molecule has 0 amide bonds. The number of anilines is 2. The molecule has 4 atom stereocenters. The Hall–Kier alpha value is -3.68. The van der Waals surface area contributed by atoms with Gasteiger partial charge in [0, 0.05) is 70.1 Å². The molecule has 43 heavy (non-hydrogen) atoms. The number of ether oxygens (including phenoxy) is 1. The van der Waals surface area contributed by atoms with Gasteiger partial charge in [0.1, 0.15) is 30.2 Å². The van der Waals surface area contributed by atoms with Crippen LogP contribution in [-0.4, -0.2) is 83.1 Å². The molecule has 5 aliphatic rings. The lowest BCUT2D eigenvalue weighted by molar-refractivity contribution is 0.107. The smallest absolute Gasteiger partial charge is 0.318 e. The zero-order valence-corrected chi connectivity index (χ0v) is 24.0. The summed E-state index contributed by atoms with van der Waals surface area (Å²) in [5.74, 6) is 2.91. The van der Waals surface area contributed by atoms with E-state index in [4.69, 9.17) is 23.9 Å². The molecule has 8 rings (SSSR count). The number of hydrogen-bond acceptors (Lipinski definition) is 8. The fourth-order valence-electron chi connectivity index (χ4n) is 7.96. The highest BCUT2D eigenvalue weighted by Crippen LogP contribution is 2.42. The van der Waals surface area contributed by atoms with Crippen LogP contribution in [0.2, 0.25) is 0 Å². The van der Waals surface area contributed by atoms with Crippen molar-refractivity contribution in [1.82, 2.24) is 20.2 Å². The summed E-state index contributed by atoms with van der Waals surface area (Å²) >= 11 is 0. The maximum Gasteiger partial charge on any atom is 0.318 e. The van der Waals surface area contributed by atoms with Crippen molar-refractivity contribution in [1.29, 1.82) is 0 Å². The van der Waals surface area contributed by atoms with Gasteiger partial charge in [-0.25, -0.2) is 8.78 Å². The Balaban J connectivity index is 1.17. The van der Waals surface area contributed by atoms with Crippen molar-refractivity contribution in [3.05, 3.63) is 46.9 Å². The highest BCUT2D eigenvalue weighted by molar-refractivity contribution is 6.00. The molecular formula is C33H36F2N6O2. The van der Waals surface area contributed by atoms with E-state index in [-0.39, 0.29) is 36.9 Å². The molecule has 5 aliphatic heterocycles. The van der Waals surface area contributed by atoms with E-state index in [1.807, 2.05) is 0 Å². The number of hydrogen-bond donors (Lipinski definition) is 2. The first-order valence-electron chi connectivity index (χ1n) is 16.2. The Morgan fingerprint density at radius 1 is 1.19 bits per heavy atom. The zero-order chi connectivity index (χ0) is 31.1. The Kier molecular flexibility index (Phi) is 5.87. The van der Waals surface area contributed by atoms with Crippen molar-refractivity contribution in [3.63, 3.8) is 0 Å². The van der Waals surface area contributed by atoms with Crippen LogP contribution in [0.1, 0.15) is 51.7 Å². The van der Waals surface area contributed by atoms with Gasteiger partial charge in [-0.05, 0) is 56.1 Å². The van der Waals surface area contributed by atoms with Crippen molar-refractivity contribution in [2.24, 2.45) is 0 Å². The van der Waals surface area contributed by atoms with Crippen LogP contribution in [0.5, 0.6) is 11.8 Å². The van der Waals surface area contributed by atoms with Gasteiger partial charge in [-0.1, -0.05) is 12.0 Å². The van der Waals surface area contributed by atoms with Gasteiger partial charge in [-0.15, -0.1) is 6.42 Å². The average Bonchev–Trinajstić information content (AvgIpc) is 3.63. The minimum Gasteiger partial charge on any atom is -0.508 e. The van der Waals surface area contributed by atoms with Crippen LogP contribution in [0.3, 0.4) is 0 Å². The molecule has 2 N–H and O–H groups in total. The summed E-state index contributed by atoms with van der Waals surface area (Å²) < 4.78 is 52.6. The predicted molar refractivity (Wildman–Crippen MR) is 161 cm³/mol. The molecule has 3 aromatic rings. The summed E-state index contributed by atoms with van der Waals surface area (Å²) in [6, 6.07) is 7.12. The second kappa shape index (κ2) is 10.2. The Bertz CT molecular complexity index is 1720. The van der Waals surface area contributed by atoms with E-state index in [0.29, 0.717) is 60.9 Å². The summed E-state index contributed by atoms with van der Waals surface area (Å²) in [5, 5.41) is 15.5. The average molecular weight is 589 g/mol. The quantitative estimate of drug-likeness (QED) is 0.435. The topological polar surface area (TPSA) is 77.0 Å². The minimum atomic E-state index is -1.58. The molecule has 0 spiro atoms. The van der Waals surface area contributed by atoms with E-state index in [9.17, 15) is 13.9 Å². The number of terminal acetylenes is 1. The van der Waals surface area contributed by atoms with Crippen molar-refractivity contribution in [3.8, 4) is 24.1 Å². The van der Waals surface area contributed by atoms with Gasteiger partial charge in [-0.3, -0.25) is 4.90 Å². The van der Waals surface area contributed by atoms with E-state index in [1.54, 1.807) is 23.1 Å². The molecule has 6 heterocycles. The first-order chi connectivity index (χ1) is 21.6. The van der Waals surface area contributed by atoms with E-state index >= 15 is 0 Å². The lowest BCUT2D eigenvalue weighted by Gasteiger charge is -2.38. The number of nitrogens with zero attached hydrogens (tertiary/aromatic N) is 5. The molecule has 1 aromatic heterocycles. The largest absolute Gasteiger partial charge is 0.508 e. The molecule has 8 nitrogen and oxygen atoms in total. The molecule has 2 bridgehead atoms. The van der Waals surface area contributed by atoms with Gasteiger partial charge in [0.05, 0.1) is 23.3 Å². The van der Waals surface area contributed by atoms with Crippen LogP contribution >= 0.6 is 0 Å². The van der Waals surface area contributed by atoms with Crippen molar-refractivity contribution in [2.75, 3.05) is 49.1 Å². The van der Waals surface area contributed by atoms with E-state index in [1.165, 1.54) is 6.07 Å². The molecular weight excluding hydrogens is 550 g/mol. The highest BCUT2D eigenvalue weighted by Gasteiger charge is 2.49. The van der Waals surface area contributed by atoms with Gasteiger partial charge in [0.25, 0.3) is 0 Å². The van der Waals surface area contributed by atoms with Gasteiger partial charge < -0.3 is 25.0 Å². The van der Waals surface area contributed by atoms with Crippen molar-refractivity contribution >= 4 is 22.3 Å². The Morgan fingerprint density at radius 3 is 2.84 bits per heavy atom. The minimum absolute atomic E-state index is 0.0588. The van der Waals surface area contributed by atoms with Gasteiger partial charge in [0.15, 0.2) is 0 Å². The number of fused-ring (bicyclic) bond motifs is 5.